The fourth-order valence-electron chi connectivity index (χ4n) is 8.04. The van der Waals surface area contributed by atoms with E-state index in [0.29, 0.717) is 0 Å². The van der Waals surface area contributed by atoms with Crippen LogP contribution in [-0.2, 0) is 9.53 Å². The summed E-state index contributed by atoms with van der Waals surface area (Å²) in [4.78, 5) is 12.5. The lowest BCUT2D eigenvalue weighted by atomic mass is 9.31. The van der Waals surface area contributed by atoms with E-state index in [1.54, 1.807) is 0 Å². The summed E-state index contributed by atoms with van der Waals surface area (Å²) in [7, 11) is 0. The molecule has 0 aliphatic heterocycles. The summed E-state index contributed by atoms with van der Waals surface area (Å²) in [6, 6.07) is 0. The molecule has 0 aromatic rings. The Bertz CT molecular complexity index is 1090. The first-order chi connectivity index (χ1) is 18.6. The number of carbonyl (C=O) groups excluding carboxylic acids is 1. The lowest BCUT2D eigenvalue weighted by Crippen LogP contribution is -2.84. The van der Waals surface area contributed by atoms with Crippen LogP contribution in [0.5, 0.6) is 0 Å². The van der Waals surface area contributed by atoms with Crippen molar-refractivity contribution < 1.29 is 90.7 Å². The number of rotatable bonds is 5. The van der Waals surface area contributed by atoms with E-state index >= 15 is 0 Å². The van der Waals surface area contributed by atoms with E-state index in [0.717, 1.165) is 6.92 Å². The van der Waals surface area contributed by atoms with Gasteiger partial charge in [0, 0.05) is 21.8 Å². The Morgan fingerprint density at radius 3 is 1.12 bits per heavy atom. The van der Waals surface area contributed by atoms with E-state index in [1.165, 1.54) is 0 Å². The zero-order valence-electron chi connectivity index (χ0n) is 21.8. The molecule has 43 heavy (non-hydrogen) atoms. The molecule has 5 nitrogen and oxygen atoms in total. The molecule has 0 saturated heterocycles. The highest BCUT2D eigenvalue weighted by atomic mass is 19.4. The van der Waals surface area contributed by atoms with Crippen molar-refractivity contribution in [2.45, 2.75) is 106 Å². The van der Waals surface area contributed by atoms with Crippen LogP contribution in [0, 0.1) is 16.2 Å². The maximum absolute atomic E-state index is 14.3. The highest BCUT2D eigenvalue weighted by Crippen LogP contribution is 2.82. The van der Waals surface area contributed by atoms with E-state index < -0.39 is 120 Å². The third-order valence-corrected chi connectivity index (χ3v) is 9.43. The minimum atomic E-state index is -7.03. The standard InChI is InChI=1S/C23H23F15O5/c1-10(2)11(39)43-16-7-13(12(3,40)19(24,25)26)4-14(8-16,17(41,20(27,28)29)21(30,31)32)6-15(5-13,9-16)18(42,22(33,34)35)23(36,37)38/h40-42H,1,4-9H2,2-3H3. The van der Waals surface area contributed by atoms with E-state index in [9.17, 15) is 86.0 Å². The van der Waals surface area contributed by atoms with Crippen molar-refractivity contribution in [3.8, 4) is 0 Å². The van der Waals surface area contributed by atoms with Crippen LogP contribution in [0.3, 0.4) is 0 Å². The lowest BCUT2D eigenvalue weighted by Gasteiger charge is -2.75. The zero-order chi connectivity index (χ0) is 34.1. The van der Waals surface area contributed by atoms with Crippen LogP contribution in [-0.4, -0.2) is 74.6 Å². The van der Waals surface area contributed by atoms with Crippen molar-refractivity contribution in [1.82, 2.24) is 0 Å². The first-order valence-electron chi connectivity index (χ1n) is 12.0. The van der Waals surface area contributed by atoms with Crippen LogP contribution in [0.15, 0.2) is 12.2 Å². The Morgan fingerprint density at radius 1 is 0.581 bits per heavy atom. The molecule has 3 N–H and O–H groups in total. The van der Waals surface area contributed by atoms with Crippen molar-refractivity contribution in [2.75, 3.05) is 0 Å². The van der Waals surface area contributed by atoms with Crippen molar-refractivity contribution in [3.63, 3.8) is 0 Å². The van der Waals surface area contributed by atoms with E-state index in [2.05, 4.69) is 6.58 Å². The topological polar surface area (TPSA) is 87.0 Å². The Kier molecular flexibility index (Phi) is 7.31. The molecule has 4 saturated carbocycles. The first-order valence-corrected chi connectivity index (χ1v) is 12.0. The molecule has 20 heteroatoms. The second kappa shape index (κ2) is 8.85. The average molecular weight is 664 g/mol. The van der Waals surface area contributed by atoms with Gasteiger partial charge in [-0.15, -0.1) is 0 Å². The predicted octanol–water partition coefficient (Wildman–Crippen LogP) is 6.21. The molecular formula is C23H23F15O5. The van der Waals surface area contributed by atoms with E-state index in [-0.39, 0.29) is 6.92 Å². The smallest absolute Gasteiger partial charge is 0.426 e. The minimum absolute atomic E-state index is 0.295. The molecule has 0 aromatic heterocycles. The molecule has 4 rings (SSSR count). The number of alkyl halides is 15. The first kappa shape index (κ1) is 35.5. The summed E-state index contributed by atoms with van der Waals surface area (Å²) in [6.45, 7) is 3.51. The predicted molar refractivity (Wildman–Crippen MR) is 109 cm³/mol. The second-order valence-corrected chi connectivity index (χ2v) is 12.2. The summed E-state index contributed by atoms with van der Waals surface area (Å²) in [5.74, 6) is -1.85. The molecular weight excluding hydrogens is 641 g/mol. The van der Waals surface area contributed by atoms with Crippen LogP contribution >= 0.6 is 0 Å². The summed E-state index contributed by atoms with van der Waals surface area (Å²) < 4.78 is 219. The largest absolute Gasteiger partial charge is 0.456 e. The summed E-state index contributed by atoms with van der Waals surface area (Å²) >= 11 is 0. The van der Waals surface area contributed by atoms with Crippen LogP contribution in [0.25, 0.3) is 0 Å². The molecule has 0 spiro atoms. The number of carbonyl (C=O) groups is 1. The second-order valence-electron chi connectivity index (χ2n) is 12.2. The fraction of sp³-hybridized carbons (Fsp3) is 0.870. The third-order valence-electron chi connectivity index (χ3n) is 9.43. The Morgan fingerprint density at radius 2 is 0.860 bits per heavy atom. The molecule has 0 radical (unpaired) electrons. The van der Waals surface area contributed by atoms with Gasteiger partial charge in [-0.1, -0.05) is 6.58 Å². The van der Waals surface area contributed by atoms with Crippen molar-refractivity contribution in [1.29, 1.82) is 0 Å². The van der Waals surface area contributed by atoms with Crippen molar-refractivity contribution in [3.05, 3.63) is 12.2 Å². The molecule has 3 unspecified atom stereocenters. The maximum atomic E-state index is 14.3. The molecule has 4 fully saturated rings. The van der Waals surface area contributed by atoms with Crippen molar-refractivity contribution in [2.24, 2.45) is 16.2 Å². The molecule has 4 aliphatic rings. The number of hydrogen-bond acceptors (Lipinski definition) is 5. The summed E-state index contributed by atoms with van der Waals surface area (Å²) in [6.07, 6.45) is -47.4. The Hall–Kier alpha value is -1.96. The van der Waals surface area contributed by atoms with Crippen LogP contribution in [0.2, 0.25) is 0 Å². The minimum Gasteiger partial charge on any atom is -0.456 e. The zero-order valence-corrected chi connectivity index (χ0v) is 21.8. The highest BCUT2D eigenvalue weighted by Gasteiger charge is 2.92. The highest BCUT2D eigenvalue weighted by molar-refractivity contribution is 5.87. The normalized spacial score (nSPS) is 33.8. The van der Waals surface area contributed by atoms with Gasteiger partial charge in [-0.2, -0.15) is 65.9 Å². The number of aliphatic hydroxyl groups is 3. The average Bonchev–Trinajstić information content (AvgIpc) is 2.72. The SMILES string of the molecule is C=C(C)C(=O)OC12CC3(C(C)(O)C(F)(F)F)CC(C(O)(C(F)(F)F)C(F)(F)F)(C1)CC(C(O)(C(F)(F)F)C(F)(F)F)(C2)C3. The maximum Gasteiger partial charge on any atom is 0.426 e. The van der Waals surface area contributed by atoms with Crippen LogP contribution in [0.4, 0.5) is 65.9 Å². The molecule has 4 bridgehead atoms. The quantitative estimate of drug-likeness (QED) is 0.185. The van der Waals surface area contributed by atoms with Gasteiger partial charge in [-0.3, -0.25) is 0 Å². The summed E-state index contributed by atoms with van der Waals surface area (Å²) in [5, 5.41) is 31.6. The lowest BCUT2D eigenvalue weighted by molar-refractivity contribution is -0.473. The van der Waals surface area contributed by atoms with Gasteiger partial charge >= 0.3 is 36.9 Å². The van der Waals surface area contributed by atoms with Crippen LogP contribution < -0.4 is 0 Å². The summed E-state index contributed by atoms with van der Waals surface area (Å²) in [5.41, 5.74) is -34.5. The van der Waals surface area contributed by atoms with Gasteiger partial charge in [-0.05, 0) is 52.4 Å². The van der Waals surface area contributed by atoms with Gasteiger partial charge < -0.3 is 20.1 Å². The number of esters is 1. The molecule has 3 atom stereocenters. The van der Waals surface area contributed by atoms with Crippen molar-refractivity contribution >= 4 is 5.97 Å². The Labute approximate surface area is 231 Å². The van der Waals surface area contributed by atoms with Gasteiger partial charge in [0.2, 0.25) is 0 Å². The van der Waals surface area contributed by atoms with Gasteiger partial charge in [0.25, 0.3) is 11.2 Å². The van der Waals surface area contributed by atoms with Gasteiger partial charge in [-0.25, -0.2) is 4.79 Å². The molecule has 0 heterocycles. The van der Waals surface area contributed by atoms with Gasteiger partial charge in [0.15, 0.2) is 5.60 Å². The van der Waals surface area contributed by atoms with Gasteiger partial charge in [0.1, 0.15) is 5.60 Å². The molecule has 0 amide bonds. The van der Waals surface area contributed by atoms with Crippen LogP contribution in [0.1, 0.15) is 52.4 Å². The number of halogens is 15. The van der Waals surface area contributed by atoms with Gasteiger partial charge in [0.05, 0.1) is 0 Å². The molecule has 4 aliphatic carbocycles. The molecule has 250 valence electrons. The number of hydrogen-bond donors (Lipinski definition) is 3. The molecule has 0 aromatic carbocycles. The third kappa shape index (κ3) is 4.38. The number of ether oxygens (including phenoxy) is 1. The monoisotopic (exact) mass is 664 g/mol. The van der Waals surface area contributed by atoms with E-state index in [4.69, 9.17) is 4.74 Å². The Balaban J connectivity index is 2.64. The van der Waals surface area contributed by atoms with E-state index in [1.807, 2.05) is 0 Å². The fourth-order valence-corrected chi connectivity index (χ4v) is 8.04.